The zero-order valence-electron chi connectivity index (χ0n) is 12.0. The number of hydrogen-bond donors (Lipinski definition) is 1. The van der Waals surface area contributed by atoms with Gasteiger partial charge < -0.3 is 5.32 Å². The lowest BCUT2D eigenvalue weighted by Gasteiger charge is -2.17. The lowest BCUT2D eigenvalue weighted by Crippen LogP contribution is -2.07. The van der Waals surface area contributed by atoms with Crippen molar-refractivity contribution in [3.63, 3.8) is 0 Å². The van der Waals surface area contributed by atoms with Crippen LogP contribution in [0.25, 0.3) is 0 Å². The predicted octanol–water partition coefficient (Wildman–Crippen LogP) is 5.20. The molecule has 0 aliphatic heterocycles. The summed E-state index contributed by atoms with van der Waals surface area (Å²) in [4.78, 5) is 1.29. The number of rotatable bonds is 4. The van der Waals surface area contributed by atoms with Gasteiger partial charge in [0.05, 0.1) is 0 Å². The Bertz CT molecular complexity index is 563. The van der Waals surface area contributed by atoms with Crippen LogP contribution in [0.1, 0.15) is 29.7 Å². The maximum Gasteiger partial charge on any atom is 0.0485 e. The molecule has 0 radical (unpaired) electrons. The summed E-state index contributed by atoms with van der Waals surface area (Å²) < 4.78 is 0. The van der Waals surface area contributed by atoms with Crippen LogP contribution in [0.5, 0.6) is 0 Å². The Kier molecular flexibility index (Phi) is 4.54. The fraction of sp³-hybridized carbons (Fsp3) is 0.294. The van der Waals surface area contributed by atoms with Gasteiger partial charge in [-0.1, -0.05) is 24.3 Å². The molecule has 19 heavy (non-hydrogen) atoms. The normalized spacial score (nSPS) is 12.2. The Balaban J connectivity index is 2.15. The molecule has 2 rings (SSSR count). The van der Waals surface area contributed by atoms with E-state index in [-0.39, 0.29) is 0 Å². The highest BCUT2D eigenvalue weighted by atomic mass is 32.2. The largest absolute Gasteiger partial charge is 0.378 e. The molecule has 1 unspecified atom stereocenters. The molecule has 0 amide bonds. The Morgan fingerprint density at radius 3 is 2.47 bits per heavy atom. The quantitative estimate of drug-likeness (QED) is 0.767. The van der Waals surface area contributed by atoms with E-state index in [1.807, 2.05) is 0 Å². The van der Waals surface area contributed by atoms with Crippen molar-refractivity contribution in [3.8, 4) is 0 Å². The van der Waals surface area contributed by atoms with Gasteiger partial charge in [0, 0.05) is 16.6 Å². The van der Waals surface area contributed by atoms with Gasteiger partial charge in [-0.05, 0) is 61.9 Å². The summed E-state index contributed by atoms with van der Waals surface area (Å²) in [6.07, 6.45) is 2.10. The van der Waals surface area contributed by atoms with Crippen molar-refractivity contribution in [2.45, 2.75) is 31.7 Å². The van der Waals surface area contributed by atoms with E-state index < -0.39 is 0 Å². The molecule has 2 aromatic rings. The fourth-order valence-electron chi connectivity index (χ4n) is 2.08. The smallest absolute Gasteiger partial charge is 0.0485 e. The van der Waals surface area contributed by atoms with Gasteiger partial charge in [-0.15, -0.1) is 11.8 Å². The molecule has 0 spiro atoms. The molecule has 100 valence electrons. The number of hydrogen-bond acceptors (Lipinski definition) is 2. The second kappa shape index (κ2) is 6.16. The van der Waals surface area contributed by atoms with E-state index in [0.717, 1.165) is 0 Å². The van der Waals surface area contributed by atoms with Gasteiger partial charge in [-0.2, -0.15) is 0 Å². The zero-order chi connectivity index (χ0) is 13.8. The lowest BCUT2D eigenvalue weighted by molar-refractivity contribution is 0.881. The number of thioether (sulfide) groups is 1. The van der Waals surface area contributed by atoms with Crippen LogP contribution in [0.15, 0.2) is 47.4 Å². The molecule has 0 aliphatic rings. The van der Waals surface area contributed by atoms with Gasteiger partial charge in [0.2, 0.25) is 0 Å². The Morgan fingerprint density at radius 1 is 1.00 bits per heavy atom. The number of nitrogens with one attached hydrogen (secondary N) is 1. The van der Waals surface area contributed by atoms with Crippen molar-refractivity contribution in [1.29, 1.82) is 0 Å². The molecule has 0 saturated heterocycles. The van der Waals surface area contributed by atoms with Gasteiger partial charge in [0.25, 0.3) is 0 Å². The fourth-order valence-corrected chi connectivity index (χ4v) is 2.54. The second-order valence-electron chi connectivity index (χ2n) is 4.94. The first-order valence-corrected chi connectivity index (χ1v) is 7.80. The summed E-state index contributed by atoms with van der Waals surface area (Å²) in [6, 6.07) is 15.5. The average molecular weight is 271 g/mol. The minimum Gasteiger partial charge on any atom is -0.378 e. The van der Waals surface area contributed by atoms with Crippen molar-refractivity contribution < 1.29 is 0 Å². The van der Waals surface area contributed by atoms with Crippen molar-refractivity contribution >= 4 is 17.4 Å². The highest BCUT2D eigenvalue weighted by Gasteiger charge is 2.06. The molecule has 0 fully saturated rings. The van der Waals surface area contributed by atoms with Gasteiger partial charge in [0.15, 0.2) is 0 Å². The van der Waals surface area contributed by atoms with E-state index in [0.29, 0.717) is 6.04 Å². The molecule has 0 heterocycles. The highest BCUT2D eigenvalue weighted by Crippen LogP contribution is 2.24. The summed E-state index contributed by atoms with van der Waals surface area (Å²) in [5, 5.41) is 3.57. The SMILES string of the molecule is CSc1cccc(NC(C)c2ccc(C)c(C)c2)c1. The molecule has 1 nitrogen and oxygen atoms in total. The minimum atomic E-state index is 0.316. The minimum absolute atomic E-state index is 0.316. The van der Waals surface area contributed by atoms with E-state index in [1.54, 1.807) is 11.8 Å². The molecule has 0 saturated carbocycles. The van der Waals surface area contributed by atoms with E-state index in [1.165, 1.54) is 27.3 Å². The third kappa shape index (κ3) is 3.54. The molecular formula is C17H21NS. The van der Waals surface area contributed by atoms with E-state index in [4.69, 9.17) is 0 Å². The molecular weight excluding hydrogens is 250 g/mol. The molecule has 0 aromatic heterocycles. The Labute approximate surface area is 120 Å². The zero-order valence-corrected chi connectivity index (χ0v) is 12.8. The number of benzene rings is 2. The van der Waals surface area contributed by atoms with Crippen LogP contribution in [-0.2, 0) is 0 Å². The first kappa shape index (κ1) is 14.0. The van der Waals surface area contributed by atoms with Gasteiger partial charge in [-0.25, -0.2) is 0 Å². The van der Waals surface area contributed by atoms with Crippen LogP contribution >= 0.6 is 11.8 Å². The average Bonchev–Trinajstić information content (AvgIpc) is 2.42. The number of aryl methyl sites for hydroxylation is 2. The van der Waals surface area contributed by atoms with Crippen LogP contribution in [0.3, 0.4) is 0 Å². The van der Waals surface area contributed by atoms with Crippen molar-refractivity contribution in [1.82, 2.24) is 0 Å². The van der Waals surface area contributed by atoms with Gasteiger partial charge in [0.1, 0.15) is 0 Å². The molecule has 1 atom stereocenters. The van der Waals surface area contributed by atoms with Gasteiger partial charge in [-0.3, -0.25) is 0 Å². The van der Waals surface area contributed by atoms with Crippen LogP contribution < -0.4 is 5.32 Å². The molecule has 1 N–H and O–H groups in total. The molecule has 0 bridgehead atoms. The topological polar surface area (TPSA) is 12.0 Å². The Hall–Kier alpha value is -1.41. The van der Waals surface area contributed by atoms with Crippen molar-refractivity contribution in [3.05, 3.63) is 59.2 Å². The molecule has 2 heteroatoms. The number of anilines is 1. The van der Waals surface area contributed by atoms with Gasteiger partial charge >= 0.3 is 0 Å². The molecule has 0 aliphatic carbocycles. The maximum absolute atomic E-state index is 3.57. The summed E-state index contributed by atoms with van der Waals surface area (Å²) >= 11 is 1.77. The molecule has 2 aromatic carbocycles. The monoisotopic (exact) mass is 271 g/mol. The van der Waals surface area contributed by atoms with Crippen LogP contribution in [0, 0.1) is 13.8 Å². The predicted molar refractivity (Wildman–Crippen MR) is 86.2 cm³/mol. The summed E-state index contributed by atoms with van der Waals surface area (Å²) in [5.41, 5.74) is 5.21. The first-order chi connectivity index (χ1) is 9.10. The van der Waals surface area contributed by atoms with Crippen molar-refractivity contribution in [2.24, 2.45) is 0 Å². The standard InChI is InChI=1S/C17H21NS/c1-12-8-9-15(10-13(12)2)14(3)18-16-6-5-7-17(11-16)19-4/h5-11,14,18H,1-4H3. The third-order valence-corrected chi connectivity index (χ3v) is 4.21. The van der Waals surface area contributed by atoms with Crippen LogP contribution in [-0.4, -0.2) is 6.26 Å². The van der Waals surface area contributed by atoms with Crippen LogP contribution in [0.2, 0.25) is 0 Å². The van der Waals surface area contributed by atoms with E-state index >= 15 is 0 Å². The summed E-state index contributed by atoms with van der Waals surface area (Å²) in [7, 11) is 0. The first-order valence-electron chi connectivity index (χ1n) is 6.58. The maximum atomic E-state index is 3.57. The summed E-state index contributed by atoms with van der Waals surface area (Å²) in [5.74, 6) is 0. The Morgan fingerprint density at radius 2 is 1.79 bits per heavy atom. The van der Waals surface area contributed by atoms with E-state index in [2.05, 4.69) is 74.8 Å². The summed E-state index contributed by atoms with van der Waals surface area (Å²) in [6.45, 7) is 6.52. The highest BCUT2D eigenvalue weighted by molar-refractivity contribution is 7.98. The van der Waals surface area contributed by atoms with Crippen molar-refractivity contribution in [2.75, 3.05) is 11.6 Å². The van der Waals surface area contributed by atoms with E-state index in [9.17, 15) is 0 Å². The second-order valence-corrected chi connectivity index (χ2v) is 5.82. The lowest BCUT2D eigenvalue weighted by atomic mass is 10.0. The van der Waals surface area contributed by atoms with Crippen LogP contribution in [0.4, 0.5) is 5.69 Å². The third-order valence-electron chi connectivity index (χ3n) is 3.48.